The molecule has 0 spiro atoms. The molecule has 10 heteroatoms. The molecule has 166 valence electrons. The van der Waals surface area contributed by atoms with E-state index in [-0.39, 0.29) is 31.2 Å². The predicted octanol–water partition coefficient (Wildman–Crippen LogP) is 1.60. The molecule has 0 saturated carbocycles. The first-order valence-electron chi connectivity index (χ1n) is 9.58. The number of rotatable bonds is 9. The molecule has 0 fully saturated rings. The van der Waals surface area contributed by atoms with E-state index >= 15 is 0 Å². The summed E-state index contributed by atoms with van der Waals surface area (Å²) in [5.74, 6) is -0.934. The van der Waals surface area contributed by atoms with Gasteiger partial charge in [-0.25, -0.2) is 0 Å². The molecule has 2 rings (SSSR count). The van der Waals surface area contributed by atoms with Crippen molar-refractivity contribution in [2.75, 3.05) is 20.3 Å². The second-order valence-electron chi connectivity index (χ2n) is 6.47. The second kappa shape index (κ2) is 12.5. The van der Waals surface area contributed by atoms with Gasteiger partial charge >= 0.3 is 5.97 Å². The highest BCUT2D eigenvalue weighted by molar-refractivity contribution is 7.80. The van der Waals surface area contributed by atoms with Crippen molar-refractivity contribution in [1.82, 2.24) is 16.2 Å². The van der Waals surface area contributed by atoms with E-state index in [1.165, 1.54) is 7.11 Å². The van der Waals surface area contributed by atoms with Crippen molar-refractivity contribution in [1.29, 1.82) is 0 Å². The van der Waals surface area contributed by atoms with E-state index in [1.807, 2.05) is 36.4 Å². The van der Waals surface area contributed by atoms with Crippen molar-refractivity contribution >= 4 is 45.9 Å². The molecular formula is C21H25N3O6S. The molecule has 0 aliphatic heterocycles. The van der Waals surface area contributed by atoms with E-state index in [2.05, 4.69) is 16.2 Å². The van der Waals surface area contributed by atoms with Gasteiger partial charge in [0.1, 0.15) is 12.4 Å². The minimum atomic E-state index is -0.811. The molecule has 0 bridgehead atoms. The lowest BCUT2D eigenvalue weighted by Gasteiger charge is -2.16. The third kappa shape index (κ3) is 8.57. The maximum atomic E-state index is 12.2. The van der Waals surface area contributed by atoms with E-state index < -0.39 is 23.9 Å². The van der Waals surface area contributed by atoms with E-state index in [1.54, 1.807) is 13.0 Å². The lowest BCUT2D eigenvalue weighted by Crippen LogP contribution is -2.51. The fourth-order valence-corrected chi connectivity index (χ4v) is 2.63. The molecule has 0 aliphatic rings. The number of thiocarbonyl (C=S) groups is 1. The summed E-state index contributed by atoms with van der Waals surface area (Å²) in [6.07, 6.45) is -1.02. The van der Waals surface area contributed by atoms with Crippen molar-refractivity contribution in [3.8, 4) is 5.75 Å². The normalized spacial score (nSPS) is 11.3. The van der Waals surface area contributed by atoms with Gasteiger partial charge in [-0.3, -0.25) is 25.2 Å². The van der Waals surface area contributed by atoms with Crippen LogP contribution < -0.4 is 20.9 Å². The number of esters is 1. The van der Waals surface area contributed by atoms with Crippen LogP contribution in [0, 0.1) is 0 Å². The summed E-state index contributed by atoms with van der Waals surface area (Å²) in [6.45, 7) is 2.00. The summed E-state index contributed by atoms with van der Waals surface area (Å²) < 4.78 is 15.3. The third-order valence-electron chi connectivity index (χ3n) is 4.06. The average molecular weight is 448 g/mol. The number of hydrogen-bond acceptors (Lipinski definition) is 7. The van der Waals surface area contributed by atoms with Crippen molar-refractivity contribution in [3.63, 3.8) is 0 Å². The zero-order valence-electron chi connectivity index (χ0n) is 17.3. The fraction of sp³-hybridized carbons (Fsp3) is 0.333. The van der Waals surface area contributed by atoms with E-state index in [9.17, 15) is 14.4 Å². The number of benzene rings is 2. The molecule has 9 nitrogen and oxygen atoms in total. The van der Waals surface area contributed by atoms with Crippen molar-refractivity contribution in [3.05, 3.63) is 42.5 Å². The number of fused-ring (bicyclic) bond motifs is 1. The first-order valence-corrected chi connectivity index (χ1v) is 9.99. The molecule has 2 amide bonds. The molecule has 31 heavy (non-hydrogen) atoms. The van der Waals surface area contributed by atoms with Crippen LogP contribution in [-0.4, -0.2) is 49.3 Å². The van der Waals surface area contributed by atoms with Gasteiger partial charge in [-0.15, -0.1) is 0 Å². The number of hydrazine groups is 1. The zero-order valence-corrected chi connectivity index (χ0v) is 18.1. The molecule has 3 N–H and O–H groups in total. The topological polar surface area (TPSA) is 115 Å². The van der Waals surface area contributed by atoms with Gasteiger partial charge in [0.05, 0.1) is 13.0 Å². The Morgan fingerprint density at radius 2 is 1.74 bits per heavy atom. The molecule has 0 aliphatic carbocycles. The quantitative estimate of drug-likeness (QED) is 0.230. The maximum absolute atomic E-state index is 12.2. The van der Waals surface area contributed by atoms with Gasteiger partial charge in [0.15, 0.2) is 11.2 Å². The van der Waals surface area contributed by atoms with Crippen molar-refractivity contribution in [2.24, 2.45) is 0 Å². The Morgan fingerprint density at radius 3 is 2.48 bits per heavy atom. The zero-order chi connectivity index (χ0) is 22.6. The minimum Gasteiger partial charge on any atom is -0.481 e. The van der Waals surface area contributed by atoms with Gasteiger partial charge in [-0.2, -0.15) is 0 Å². The number of ether oxygens (including phenoxy) is 3. The molecule has 1 atom stereocenters. The monoisotopic (exact) mass is 447 g/mol. The third-order valence-corrected chi connectivity index (χ3v) is 4.27. The Labute approximate surface area is 185 Å². The van der Waals surface area contributed by atoms with Gasteiger partial charge in [-0.1, -0.05) is 30.3 Å². The molecule has 2 aromatic rings. The highest BCUT2D eigenvalue weighted by Crippen LogP contribution is 2.21. The van der Waals surface area contributed by atoms with E-state index in [4.69, 9.17) is 26.4 Å². The van der Waals surface area contributed by atoms with Crippen molar-refractivity contribution < 1.29 is 28.6 Å². The minimum absolute atomic E-state index is 0.0961. The molecule has 0 saturated heterocycles. The fourth-order valence-electron chi connectivity index (χ4n) is 2.47. The predicted molar refractivity (Wildman–Crippen MR) is 118 cm³/mol. The molecular weight excluding hydrogens is 422 g/mol. The van der Waals surface area contributed by atoms with Crippen LogP contribution in [0.4, 0.5) is 0 Å². The molecule has 0 heterocycles. The standard InChI is InChI=1S/C21H25N3O6S/c1-14(30-17-8-7-15-5-3-4-6-16(15)13-17)20(27)23-24-21(31)22-18(25)9-10-19(26)29-12-11-28-2/h3-8,13-14H,9-12H2,1-2H3,(H,23,27)(H2,22,24,25,31). The lowest BCUT2D eigenvalue weighted by atomic mass is 10.1. The van der Waals surface area contributed by atoms with Gasteiger partial charge in [-0.05, 0) is 42.0 Å². The Kier molecular flexibility index (Phi) is 9.66. The summed E-state index contributed by atoms with van der Waals surface area (Å²) >= 11 is 4.95. The highest BCUT2D eigenvalue weighted by atomic mass is 32.1. The highest BCUT2D eigenvalue weighted by Gasteiger charge is 2.16. The number of carbonyl (C=O) groups excluding carboxylic acids is 3. The molecule has 0 aromatic heterocycles. The Morgan fingerprint density at radius 1 is 1.00 bits per heavy atom. The number of amides is 2. The van der Waals surface area contributed by atoms with E-state index in [0.29, 0.717) is 5.75 Å². The van der Waals surface area contributed by atoms with Crippen LogP contribution in [0.15, 0.2) is 42.5 Å². The molecule has 2 aromatic carbocycles. The van der Waals surface area contributed by atoms with Gasteiger partial charge in [0.2, 0.25) is 5.91 Å². The first kappa shape index (κ1) is 24.0. The number of carbonyl (C=O) groups is 3. The van der Waals surface area contributed by atoms with Crippen LogP contribution in [0.25, 0.3) is 10.8 Å². The summed E-state index contributed by atoms with van der Waals surface area (Å²) in [5.41, 5.74) is 4.80. The van der Waals surface area contributed by atoms with Gasteiger partial charge < -0.3 is 19.5 Å². The Hall–Kier alpha value is -3.24. The summed E-state index contributed by atoms with van der Waals surface area (Å²) in [7, 11) is 1.49. The summed E-state index contributed by atoms with van der Waals surface area (Å²) in [4.78, 5) is 35.4. The van der Waals surface area contributed by atoms with Crippen molar-refractivity contribution in [2.45, 2.75) is 25.9 Å². The van der Waals surface area contributed by atoms with Crippen LogP contribution in [0.5, 0.6) is 5.75 Å². The summed E-state index contributed by atoms with van der Waals surface area (Å²) in [6, 6.07) is 13.3. The average Bonchev–Trinajstić information content (AvgIpc) is 2.76. The Bertz CT molecular complexity index is 936. The lowest BCUT2D eigenvalue weighted by molar-refractivity contribution is -0.146. The second-order valence-corrected chi connectivity index (χ2v) is 6.88. The van der Waals surface area contributed by atoms with E-state index in [0.717, 1.165) is 10.8 Å². The molecule has 0 radical (unpaired) electrons. The van der Waals surface area contributed by atoms with Crippen LogP contribution >= 0.6 is 12.2 Å². The largest absolute Gasteiger partial charge is 0.481 e. The van der Waals surface area contributed by atoms with Crippen LogP contribution in [0.2, 0.25) is 0 Å². The number of nitrogens with one attached hydrogen (secondary N) is 3. The molecule has 1 unspecified atom stereocenters. The first-order chi connectivity index (χ1) is 14.9. The van der Waals surface area contributed by atoms with Gasteiger partial charge in [0.25, 0.3) is 5.91 Å². The van der Waals surface area contributed by atoms with Crippen LogP contribution in [0.3, 0.4) is 0 Å². The van der Waals surface area contributed by atoms with Gasteiger partial charge in [0, 0.05) is 13.5 Å². The maximum Gasteiger partial charge on any atom is 0.306 e. The number of hydrogen-bond donors (Lipinski definition) is 3. The Balaban J connectivity index is 1.69. The van der Waals surface area contributed by atoms with Crippen LogP contribution in [0.1, 0.15) is 19.8 Å². The summed E-state index contributed by atoms with van der Waals surface area (Å²) in [5, 5.41) is 4.32. The SMILES string of the molecule is COCCOC(=O)CCC(=O)NC(=S)NNC(=O)C(C)Oc1ccc2ccccc2c1. The smallest absolute Gasteiger partial charge is 0.306 e. The van der Waals surface area contributed by atoms with Crippen LogP contribution in [-0.2, 0) is 23.9 Å². The number of methoxy groups -OCH3 is 1.